The molecule has 1 N–H and O–H groups in total. The number of fused-ring (bicyclic) bond motifs is 1. The maximum Gasteiger partial charge on any atom is 0.365 e. The second kappa shape index (κ2) is 5.67. The van der Waals surface area contributed by atoms with Gasteiger partial charge < -0.3 is 9.84 Å². The summed E-state index contributed by atoms with van der Waals surface area (Å²) >= 11 is 7.18. The Kier molecular flexibility index (Phi) is 3.72. The van der Waals surface area contributed by atoms with Crippen molar-refractivity contribution in [2.75, 3.05) is 0 Å². The molecule has 0 fully saturated rings. The van der Waals surface area contributed by atoms with Crippen molar-refractivity contribution >= 4 is 39.8 Å². The molecule has 0 saturated heterocycles. The molecule has 0 bridgehead atoms. The zero-order valence-electron chi connectivity index (χ0n) is 10.6. The molecule has 0 unspecified atom stereocenters. The van der Waals surface area contributed by atoms with Gasteiger partial charge in [-0.1, -0.05) is 11.6 Å². The number of nitrogens with zero attached hydrogens (tertiary/aromatic N) is 2. The number of rotatable bonds is 4. The maximum absolute atomic E-state index is 10.8. The standard InChI is InChI=1S/C14H9ClN2O3S/c15-10-3-4-11(12-9(10)2-1-5-16-12)20-6-8-7-21-13(17-8)14(18)19/h1-5,7H,6H2,(H,18,19). The molecule has 0 aliphatic rings. The molecule has 3 rings (SSSR count). The molecule has 0 aliphatic carbocycles. The predicted octanol–water partition coefficient (Wildman–Crippen LogP) is 3.62. The molecule has 0 radical (unpaired) electrons. The van der Waals surface area contributed by atoms with E-state index < -0.39 is 5.97 Å². The SMILES string of the molecule is O=C(O)c1nc(COc2ccc(Cl)c3cccnc23)cs1. The molecule has 0 aliphatic heterocycles. The molecule has 106 valence electrons. The third kappa shape index (κ3) is 2.81. The number of hydrogen-bond acceptors (Lipinski definition) is 5. The molecule has 2 aromatic heterocycles. The molecule has 3 aromatic rings. The van der Waals surface area contributed by atoms with Crippen LogP contribution in [0.4, 0.5) is 0 Å². The Bertz CT molecular complexity index is 819. The number of aromatic carboxylic acids is 1. The largest absolute Gasteiger partial charge is 0.485 e. The van der Waals surface area contributed by atoms with E-state index in [1.165, 1.54) is 0 Å². The molecule has 21 heavy (non-hydrogen) atoms. The fourth-order valence-electron chi connectivity index (χ4n) is 1.85. The van der Waals surface area contributed by atoms with Gasteiger partial charge >= 0.3 is 5.97 Å². The van der Waals surface area contributed by atoms with Gasteiger partial charge in [-0.2, -0.15) is 0 Å². The number of hydrogen-bond donors (Lipinski definition) is 1. The Balaban J connectivity index is 1.85. The average Bonchev–Trinajstić information content (AvgIpc) is 2.96. The highest BCUT2D eigenvalue weighted by atomic mass is 35.5. The summed E-state index contributed by atoms with van der Waals surface area (Å²) in [5, 5.41) is 12.0. The van der Waals surface area contributed by atoms with Gasteiger partial charge in [0.25, 0.3) is 0 Å². The molecule has 2 heterocycles. The first-order valence-corrected chi connectivity index (χ1v) is 7.24. The molecule has 0 atom stereocenters. The molecule has 0 saturated carbocycles. The lowest BCUT2D eigenvalue weighted by Crippen LogP contribution is -1.99. The number of pyridine rings is 1. The Labute approximate surface area is 128 Å². The first kappa shape index (κ1) is 13.8. The van der Waals surface area contributed by atoms with Crippen LogP contribution in [0.1, 0.15) is 15.5 Å². The van der Waals surface area contributed by atoms with Gasteiger partial charge in [-0.3, -0.25) is 4.98 Å². The van der Waals surface area contributed by atoms with E-state index in [1.54, 1.807) is 29.8 Å². The van der Waals surface area contributed by atoms with E-state index in [1.807, 2.05) is 6.07 Å². The molecule has 7 heteroatoms. The highest BCUT2D eigenvalue weighted by Gasteiger charge is 2.11. The van der Waals surface area contributed by atoms with Crippen LogP contribution >= 0.6 is 22.9 Å². The second-order valence-electron chi connectivity index (χ2n) is 4.18. The number of thiazole rings is 1. The van der Waals surface area contributed by atoms with E-state index in [2.05, 4.69) is 9.97 Å². The van der Waals surface area contributed by atoms with Crippen LogP contribution in [0.15, 0.2) is 35.8 Å². The van der Waals surface area contributed by atoms with Gasteiger partial charge in [0.1, 0.15) is 17.9 Å². The maximum atomic E-state index is 10.8. The number of aromatic nitrogens is 2. The van der Waals surface area contributed by atoms with E-state index in [0.29, 0.717) is 22.0 Å². The molecular weight excluding hydrogens is 312 g/mol. The highest BCUT2D eigenvalue weighted by Crippen LogP contribution is 2.30. The summed E-state index contributed by atoms with van der Waals surface area (Å²) in [4.78, 5) is 19.0. The molecular formula is C14H9ClN2O3S. The predicted molar refractivity (Wildman–Crippen MR) is 80.2 cm³/mol. The Morgan fingerprint density at radius 2 is 2.24 bits per heavy atom. The Morgan fingerprint density at radius 3 is 3.00 bits per heavy atom. The Morgan fingerprint density at radius 1 is 1.38 bits per heavy atom. The molecule has 5 nitrogen and oxygen atoms in total. The number of benzene rings is 1. The van der Waals surface area contributed by atoms with Crippen LogP contribution < -0.4 is 4.74 Å². The number of carboxylic acid groups (broad SMARTS) is 1. The lowest BCUT2D eigenvalue weighted by Gasteiger charge is -2.08. The number of halogens is 1. The zero-order chi connectivity index (χ0) is 14.8. The van der Waals surface area contributed by atoms with Crippen LogP contribution in [0.2, 0.25) is 5.02 Å². The lowest BCUT2D eigenvalue weighted by molar-refractivity contribution is 0.0696. The summed E-state index contributed by atoms with van der Waals surface area (Å²) in [7, 11) is 0. The fourth-order valence-corrected chi connectivity index (χ4v) is 2.71. The fraction of sp³-hybridized carbons (Fsp3) is 0.0714. The van der Waals surface area contributed by atoms with Crippen LogP contribution in [0.3, 0.4) is 0 Å². The van der Waals surface area contributed by atoms with Crippen LogP contribution in [-0.4, -0.2) is 21.0 Å². The summed E-state index contributed by atoms with van der Waals surface area (Å²) in [6.45, 7) is 0.178. The van der Waals surface area contributed by atoms with Crippen molar-refractivity contribution in [3.8, 4) is 5.75 Å². The minimum atomic E-state index is -1.04. The summed E-state index contributed by atoms with van der Waals surface area (Å²) in [6, 6.07) is 7.15. The van der Waals surface area contributed by atoms with Gasteiger partial charge in [-0.25, -0.2) is 9.78 Å². The van der Waals surface area contributed by atoms with Crippen molar-refractivity contribution < 1.29 is 14.6 Å². The molecule has 0 amide bonds. The molecule has 0 spiro atoms. The average molecular weight is 321 g/mol. The first-order valence-electron chi connectivity index (χ1n) is 5.99. The number of carboxylic acids is 1. The van der Waals surface area contributed by atoms with Gasteiger partial charge in [0.2, 0.25) is 5.01 Å². The van der Waals surface area contributed by atoms with Crippen molar-refractivity contribution in [3.63, 3.8) is 0 Å². The topological polar surface area (TPSA) is 72.3 Å². The van der Waals surface area contributed by atoms with E-state index in [4.69, 9.17) is 21.4 Å². The summed E-state index contributed by atoms with van der Waals surface area (Å²) in [6.07, 6.45) is 1.66. The van der Waals surface area contributed by atoms with Gasteiger partial charge in [0, 0.05) is 17.0 Å². The van der Waals surface area contributed by atoms with E-state index in [9.17, 15) is 4.79 Å². The zero-order valence-corrected chi connectivity index (χ0v) is 12.2. The van der Waals surface area contributed by atoms with E-state index in [0.717, 1.165) is 16.7 Å². The minimum absolute atomic E-state index is 0.0488. The monoisotopic (exact) mass is 320 g/mol. The van der Waals surface area contributed by atoms with Crippen molar-refractivity contribution in [1.82, 2.24) is 9.97 Å². The van der Waals surface area contributed by atoms with E-state index >= 15 is 0 Å². The van der Waals surface area contributed by atoms with Gasteiger partial charge in [0.05, 0.1) is 10.7 Å². The first-order chi connectivity index (χ1) is 10.1. The van der Waals surface area contributed by atoms with Gasteiger partial charge in [0.15, 0.2) is 0 Å². The highest BCUT2D eigenvalue weighted by molar-refractivity contribution is 7.11. The quantitative estimate of drug-likeness (QED) is 0.794. The van der Waals surface area contributed by atoms with E-state index in [-0.39, 0.29) is 11.6 Å². The lowest BCUT2D eigenvalue weighted by atomic mass is 10.2. The Hall–Kier alpha value is -2.18. The normalized spacial score (nSPS) is 10.7. The van der Waals surface area contributed by atoms with Crippen molar-refractivity contribution in [1.29, 1.82) is 0 Å². The smallest absolute Gasteiger partial charge is 0.365 e. The number of carbonyl (C=O) groups is 1. The van der Waals surface area contributed by atoms with Crippen LogP contribution in [0.25, 0.3) is 10.9 Å². The van der Waals surface area contributed by atoms with Gasteiger partial charge in [-0.15, -0.1) is 11.3 Å². The third-order valence-corrected chi connectivity index (χ3v) is 4.00. The van der Waals surface area contributed by atoms with Crippen LogP contribution in [0, 0.1) is 0 Å². The van der Waals surface area contributed by atoms with Crippen molar-refractivity contribution in [2.45, 2.75) is 6.61 Å². The van der Waals surface area contributed by atoms with Crippen molar-refractivity contribution in [2.24, 2.45) is 0 Å². The molecule has 1 aromatic carbocycles. The minimum Gasteiger partial charge on any atom is -0.485 e. The second-order valence-corrected chi connectivity index (χ2v) is 5.45. The van der Waals surface area contributed by atoms with Crippen LogP contribution in [0.5, 0.6) is 5.75 Å². The van der Waals surface area contributed by atoms with Crippen molar-refractivity contribution in [3.05, 3.63) is 51.6 Å². The summed E-state index contributed by atoms with van der Waals surface area (Å²) in [5.74, 6) is -0.454. The summed E-state index contributed by atoms with van der Waals surface area (Å²) < 4.78 is 5.68. The summed E-state index contributed by atoms with van der Waals surface area (Å²) in [5.41, 5.74) is 1.23. The van der Waals surface area contributed by atoms with Crippen LogP contribution in [-0.2, 0) is 6.61 Å². The number of ether oxygens (including phenoxy) is 1. The van der Waals surface area contributed by atoms with Gasteiger partial charge in [-0.05, 0) is 24.3 Å². The third-order valence-electron chi connectivity index (χ3n) is 2.79.